The third kappa shape index (κ3) is 3.50. The third-order valence-corrected chi connectivity index (χ3v) is 9.97. The minimum atomic E-state index is -3.24. The molecule has 11 heteroatoms. The van der Waals surface area contributed by atoms with E-state index in [4.69, 9.17) is 4.98 Å². The molecule has 1 unspecified atom stereocenters. The van der Waals surface area contributed by atoms with Crippen LogP contribution in [0.1, 0.15) is 49.6 Å². The minimum Gasteiger partial charge on any atom is -0.338 e. The fraction of sp³-hybridized carbons (Fsp3) is 0.462. The average molecular weight is 527 g/mol. The van der Waals surface area contributed by atoms with Crippen LogP contribution in [0.2, 0.25) is 0 Å². The summed E-state index contributed by atoms with van der Waals surface area (Å²) >= 11 is 0. The molecule has 1 aliphatic heterocycles. The highest BCUT2D eigenvalue weighted by atomic mass is 32.2. The standard InChI is InChI=1S/C26H28F2N6O2S/c1-25(2)17-7-9-26(25,23-16(17)15-20(31-32-23)22-18(27)5-4-6-19(22)28)21-8-10-29-24(30-21)33-11-13-34(14-12-33)37(3,35)36/h4-6,8,10,15,17H,7,9,11-14H2,1-3H3/t17-,26?/m0/s1. The highest BCUT2D eigenvalue weighted by Crippen LogP contribution is 2.69. The molecule has 0 spiro atoms. The van der Waals surface area contributed by atoms with Gasteiger partial charge in [0.1, 0.15) is 11.6 Å². The number of sulfonamides is 1. The van der Waals surface area contributed by atoms with E-state index < -0.39 is 27.1 Å². The minimum absolute atomic E-state index is 0.142. The largest absolute Gasteiger partial charge is 0.338 e. The van der Waals surface area contributed by atoms with Gasteiger partial charge in [0, 0.05) is 32.4 Å². The van der Waals surface area contributed by atoms with Gasteiger partial charge in [-0.3, -0.25) is 0 Å². The third-order valence-electron chi connectivity index (χ3n) is 8.67. The van der Waals surface area contributed by atoms with Gasteiger partial charge >= 0.3 is 0 Å². The number of aromatic nitrogens is 4. The van der Waals surface area contributed by atoms with Crippen molar-refractivity contribution >= 4 is 16.0 Å². The maximum atomic E-state index is 14.5. The normalized spacial score (nSPS) is 24.9. The van der Waals surface area contributed by atoms with Crippen molar-refractivity contribution in [2.24, 2.45) is 5.41 Å². The van der Waals surface area contributed by atoms with Crippen molar-refractivity contribution in [2.45, 2.75) is 38.0 Å². The molecule has 2 aliphatic carbocycles. The van der Waals surface area contributed by atoms with Crippen molar-refractivity contribution in [3.63, 3.8) is 0 Å². The van der Waals surface area contributed by atoms with Gasteiger partial charge in [-0.15, -0.1) is 5.10 Å². The zero-order chi connectivity index (χ0) is 26.2. The van der Waals surface area contributed by atoms with Gasteiger partial charge in [0.25, 0.3) is 0 Å². The maximum Gasteiger partial charge on any atom is 0.225 e. The molecule has 3 heterocycles. The Bertz CT molecular complexity index is 1490. The van der Waals surface area contributed by atoms with Crippen LogP contribution in [0.25, 0.3) is 11.3 Å². The van der Waals surface area contributed by atoms with Crippen LogP contribution >= 0.6 is 0 Å². The van der Waals surface area contributed by atoms with Gasteiger partial charge in [0.2, 0.25) is 16.0 Å². The van der Waals surface area contributed by atoms with Gasteiger partial charge in [0.05, 0.1) is 34.3 Å². The molecule has 37 heavy (non-hydrogen) atoms. The summed E-state index contributed by atoms with van der Waals surface area (Å²) in [6.45, 7) is 6.17. The number of anilines is 1. The second-order valence-corrected chi connectivity index (χ2v) is 12.7. The van der Waals surface area contributed by atoms with Crippen LogP contribution in [0.3, 0.4) is 0 Å². The Balaban J connectivity index is 1.40. The van der Waals surface area contributed by atoms with Crippen LogP contribution in [0.5, 0.6) is 0 Å². The topological polar surface area (TPSA) is 92.2 Å². The lowest BCUT2D eigenvalue weighted by Crippen LogP contribution is -2.49. The number of piperazine rings is 1. The molecular weight excluding hydrogens is 498 g/mol. The van der Waals surface area contributed by atoms with Crippen molar-refractivity contribution in [1.29, 1.82) is 0 Å². The molecule has 8 nitrogen and oxygen atoms in total. The first-order valence-electron chi connectivity index (χ1n) is 12.4. The molecule has 0 N–H and O–H groups in total. The molecule has 0 amide bonds. The predicted molar refractivity (Wildman–Crippen MR) is 135 cm³/mol. The summed E-state index contributed by atoms with van der Waals surface area (Å²) in [6, 6.07) is 7.50. The van der Waals surface area contributed by atoms with Gasteiger partial charge in [-0.25, -0.2) is 27.2 Å². The Labute approximate surface area is 214 Å². The first-order valence-corrected chi connectivity index (χ1v) is 14.2. The summed E-state index contributed by atoms with van der Waals surface area (Å²) in [4.78, 5) is 11.5. The molecular formula is C26H28F2N6O2S. The first kappa shape index (κ1) is 24.3. The van der Waals surface area contributed by atoms with Crippen LogP contribution in [0, 0.1) is 17.0 Å². The van der Waals surface area contributed by atoms with Crippen molar-refractivity contribution in [3.05, 3.63) is 65.1 Å². The van der Waals surface area contributed by atoms with Crippen LogP contribution in [-0.4, -0.2) is 65.3 Å². The number of halogens is 2. The molecule has 2 bridgehead atoms. The van der Waals surface area contributed by atoms with Gasteiger partial charge in [-0.1, -0.05) is 19.9 Å². The van der Waals surface area contributed by atoms with E-state index in [-0.39, 0.29) is 22.6 Å². The Hall–Kier alpha value is -3.05. The van der Waals surface area contributed by atoms with Gasteiger partial charge < -0.3 is 4.90 Å². The predicted octanol–water partition coefficient (Wildman–Crippen LogP) is 3.50. The van der Waals surface area contributed by atoms with Crippen LogP contribution in [-0.2, 0) is 15.4 Å². The number of fused-ring (bicyclic) bond motifs is 5. The zero-order valence-corrected chi connectivity index (χ0v) is 21.8. The van der Waals surface area contributed by atoms with E-state index in [2.05, 4.69) is 29.0 Å². The molecule has 3 aliphatic rings. The number of nitrogens with zero attached hydrogens (tertiary/aromatic N) is 6. The summed E-state index contributed by atoms with van der Waals surface area (Å²) in [5.74, 6) is -0.625. The lowest BCUT2D eigenvalue weighted by molar-refractivity contribution is 0.242. The molecule has 0 radical (unpaired) electrons. The van der Waals surface area contributed by atoms with Crippen molar-refractivity contribution in [2.75, 3.05) is 37.3 Å². The van der Waals surface area contributed by atoms with E-state index in [1.807, 2.05) is 11.0 Å². The zero-order valence-electron chi connectivity index (χ0n) is 20.9. The van der Waals surface area contributed by atoms with Crippen LogP contribution in [0.15, 0.2) is 36.5 Å². The first-order chi connectivity index (χ1) is 17.5. The fourth-order valence-corrected chi connectivity index (χ4v) is 7.54. The van der Waals surface area contributed by atoms with E-state index in [9.17, 15) is 17.2 Å². The van der Waals surface area contributed by atoms with E-state index in [0.717, 1.165) is 29.8 Å². The summed E-state index contributed by atoms with van der Waals surface area (Å²) < 4.78 is 54.3. The Kier molecular flexibility index (Phi) is 5.40. The van der Waals surface area contributed by atoms with E-state index in [0.29, 0.717) is 32.1 Å². The lowest BCUT2D eigenvalue weighted by atomic mass is 9.66. The number of rotatable bonds is 4. The summed E-state index contributed by atoms with van der Waals surface area (Å²) in [7, 11) is -3.24. The highest BCUT2D eigenvalue weighted by molar-refractivity contribution is 7.88. The Morgan fingerprint density at radius 3 is 2.41 bits per heavy atom. The second kappa shape index (κ2) is 8.22. The summed E-state index contributed by atoms with van der Waals surface area (Å²) in [5, 5.41) is 8.89. The molecule has 3 aromatic rings. The second-order valence-electron chi connectivity index (χ2n) is 10.7. The number of benzene rings is 1. The fourth-order valence-electron chi connectivity index (χ4n) is 6.71. The van der Waals surface area contributed by atoms with Crippen LogP contribution < -0.4 is 4.90 Å². The molecule has 6 rings (SSSR count). The van der Waals surface area contributed by atoms with Gasteiger partial charge in [-0.2, -0.15) is 9.40 Å². The quantitative estimate of drug-likeness (QED) is 0.514. The van der Waals surface area contributed by atoms with Crippen molar-refractivity contribution in [1.82, 2.24) is 24.5 Å². The number of hydrogen-bond acceptors (Lipinski definition) is 7. The average Bonchev–Trinajstić information content (AvgIpc) is 3.24. The highest BCUT2D eigenvalue weighted by Gasteiger charge is 2.65. The Morgan fingerprint density at radius 1 is 1.03 bits per heavy atom. The van der Waals surface area contributed by atoms with E-state index in [1.165, 1.54) is 28.8 Å². The summed E-state index contributed by atoms with van der Waals surface area (Å²) in [5.41, 5.74) is 1.88. The molecule has 2 fully saturated rings. The summed E-state index contributed by atoms with van der Waals surface area (Å²) in [6.07, 6.45) is 4.70. The molecule has 1 aromatic carbocycles. The molecule has 194 valence electrons. The Morgan fingerprint density at radius 2 is 1.73 bits per heavy atom. The molecule has 1 saturated heterocycles. The van der Waals surface area contributed by atoms with Crippen molar-refractivity contribution < 1.29 is 17.2 Å². The monoisotopic (exact) mass is 526 g/mol. The molecule has 2 atom stereocenters. The van der Waals surface area contributed by atoms with Gasteiger partial charge in [0.15, 0.2) is 0 Å². The van der Waals surface area contributed by atoms with E-state index >= 15 is 0 Å². The molecule has 2 aromatic heterocycles. The van der Waals surface area contributed by atoms with E-state index in [1.54, 1.807) is 12.3 Å². The van der Waals surface area contributed by atoms with Crippen LogP contribution in [0.4, 0.5) is 14.7 Å². The lowest BCUT2D eigenvalue weighted by Gasteiger charge is -2.38. The SMILES string of the molecule is CC1(C)[C@H]2CCC1(c1ccnc(N3CCN(S(C)(=O)=O)CC3)n1)c1nnc(-c3c(F)cccc3F)cc12. The number of hydrogen-bond donors (Lipinski definition) is 0. The van der Waals surface area contributed by atoms with Gasteiger partial charge in [-0.05, 0) is 54.0 Å². The van der Waals surface area contributed by atoms with Crippen molar-refractivity contribution in [3.8, 4) is 11.3 Å². The molecule has 1 saturated carbocycles. The smallest absolute Gasteiger partial charge is 0.225 e. The maximum absolute atomic E-state index is 14.5.